The summed E-state index contributed by atoms with van der Waals surface area (Å²) >= 11 is 1.23. The van der Waals surface area contributed by atoms with Crippen LogP contribution in [0, 0.1) is 0 Å². The summed E-state index contributed by atoms with van der Waals surface area (Å²) < 4.78 is 0. The van der Waals surface area contributed by atoms with E-state index >= 15 is 0 Å². The van der Waals surface area contributed by atoms with E-state index in [4.69, 9.17) is 0 Å². The predicted octanol–water partition coefficient (Wildman–Crippen LogP) is 3.03. The Kier molecular flexibility index (Phi) is 9.69. The third-order valence-electron chi connectivity index (χ3n) is 1.74. The van der Waals surface area contributed by atoms with Gasteiger partial charge in [0.25, 0.3) is 0 Å². The second-order valence-electron chi connectivity index (χ2n) is 2.93. The zero-order valence-corrected chi connectivity index (χ0v) is 18.5. The molecule has 88 valence electrons. The molecule has 0 spiro atoms. The second kappa shape index (κ2) is 9.61. The molecular formula is C7H14S6Sb2. The minimum atomic E-state index is -0.808. The third-order valence-corrected chi connectivity index (χ3v) is 40.6. The first-order chi connectivity index (χ1) is 7.45. The molecule has 2 rings (SSSR count). The van der Waals surface area contributed by atoms with Gasteiger partial charge in [0, 0.05) is 0 Å². The van der Waals surface area contributed by atoms with Crippen molar-refractivity contribution in [3.05, 3.63) is 0 Å². The average molecular weight is 534 g/mol. The van der Waals surface area contributed by atoms with Crippen molar-refractivity contribution < 1.29 is 0 Å². The SMILES string of the molecule is C(C[S][Sb]1[S]CC[S]1)[S][SbH][S]C1CSC1. The van der Waals surface area contributed by atoms with Crippen LogP contribution in [0.3, 0.4) is 0 Å². The van der Waals surface area contributed by atoms with Gasteiger partial charge in [-0.2, -0.15) is 0 Å². The molecule has 2 aliphatic rings. The van der Waals surface area contributed by atoms with Gasteiger partial charge >= 0.3 is 131 Å². The van der Waals surface area contributed by atoms with E-state index in [1.165, 1.54) is 34.5 Å². The predicted molar refractivity (Wildman–Crippen MR) is 91.4 cm³/mol. The van der Waals surface area contributed by atoms with Gasteiger partial charge in [-0.05, 0) is 0 Å². The molecule has 0 atom stereocenters. The van der Waals surface area contributed by atoms with Crippen molar-refractivity contribution in [1.29, 1.82) is 0 Å². The van der Waals surface area contributed by atoms with Gasteiger partial charge in [0.1, 0.15) is 0 Å². The maximum atomic E-state index is 2.36. The van der Waals surface area contributed by atoms with Crippen LogP contribution in [0.25, 0.3) is 0 Å². The summed E-state index contributed by atoms with van der Waals surface area (Å²) in [6.07, 6.45) is 0. The van der Waals surface area contributed by atoms with Crippen molar-refractivity contribution in [3.8, 4) is 0 Å². The molecular weight excluding hydrogens is 520 g/mol. The Morgan fingerprint density at radius 1 is 1.20 bits per heavy atom. The first kappa shape index (κ1) is 15.1. The summed E-state index contributed by atoms with van der Waals surface area (Å²) in [7, 11) is 11.7. The van der Waals surface area contributed by atoms with Gasteiger partial charge in [0.2, 0.25) is 0 Å². The summed E-state index contributed by atoms with van der Waals surface area (Å²) in [5.41, 5.74) is 0. The van der Waals surface area contributed by atoms with E-state index in [9.17, 15) is 0 Å². The van der Waals surface area contributed by atoms with E-state index in [0.717, 1.165) is 5.25 Å². The van der Waals surface area contributed by atoms with Crippen molar-refractivity contribution in [1.82, 2.24) is 0 Å². The van der Waals surface area contributed by atoms with Crippen LogP contribution >= 0.6 is 56.0 Å². The fourth-order valence-corrected chi connectivity index (χ4v) is 43.5. The minimum absolute atomic E-state index is 0.0843. The molecule has 0 aromatic heterocycles. The van der Waals surface area contributed by atoms with Gasteiger partial charge in [-0.1, -0.05) is 0 Å². The standard InChI is InChI=1S/C3H6S2.2C2H6S2.2Sb.H/c4-3-1-5-2-3;2*3-1-2-4;;;/h3-4H,1-2H2;2*3-4H,1-2H2;;;/q;;;+2;+3;/p-5. The van der Waals surface area contributed by atoms with E-state index in [0.29, 0.717) is 0 Å². The Balaban J connectivity index is 1.35. The summed E-state index contributed by atoms with van der Waals surface area (Å²) in [4.78, 5) is 0. The Morgan fingerprint density at radius 2 is 2.00 bits per heavy atom. The first-order valence-corrected chi connectivity index (χ1v) is 27.0. The van der Waals surface area contributed by atoms with Crippen molar-refractivity contribution in [2.45, 2.75) is 5.25 Å². The van der Waals surface area contributed by atoms with Gasteiger partial charge in [0.05, 0.1) is 0 Å². The Bertz CT molecular complexity index is 173. The fourth-order valence-electron chi connectivity index (χ4n) is 0.915. The molecule has 0 radical (unpaired) electrons. The monoisotopic (exact) mass is 532 g/mol. The van der Waals surface area contributed by atoms with E-state index in [-0.39, 0.29) is 18.8 Å². The molecule has 0 N–H and O–H groups in total. The van der Waals surface area contributed by atoms with Crippen LogP contribution in [0.4, 0.5) is 0 Å². The fraction of sp³-hybridized carbons (Fsp3) is 1.00. The van der Waals surface area contributed by atoms with Crippen LogP contribution in [-0.2, 0) is 0 Å². The Morgan fingerprint density at radius 3 is 2.67 bits per heavy atom. The number of rotatable bonds is 7. The summed E-state index contributed by atoms with van der Waals surface area (Å²) in [6, 6.07) is 0. The van der Waals surface area contributed by atoms with Crippen molar-refractivity contribution in [2.75, 3.05) is 34.5 Å². The van der Waals surface area contributed by atoms with Gasteiger partial charge in [0.15, 0.2) is 0 Å². The first-order valence-electron chi connectivity index (χ1n) is 4.74. The summed E-state index contributed by atoms with van der Waals surface area (Å²) in [5, 5.41) is 1.07. The molecule has 0 unspecified atom stereocenters. The van der Waals surface area contributed by atoms with Gasteiger partial charge in [-0.25, -0.2) is 0 Å². The molecule has 0 saturated carbocycles. The molecule has 0 amide bonds. The zero-order chi connectivity index (χ0) is 10.3. The van der Waals surface area contributed by atoms with Gasteiger partial charge in [-0.3, -0.25) is 0 Å². The zero-order valence-electron chi connectivity index (χ0n) is 8.22. The molecule has 2 saturated heterocycles. The normalized spacial score (nSPS) is 23.2. The van der Waals surface area contributed by atoms with E-state index in [1.54, 1.807) is 0 Å². The summed E-state index contributed by atoms with van der Waals surface area (Å²) in [6.45, 7) is 0. The van der Waals surface area contributed by atoms with Crippen molar-refractivity contribution in [2.24, 2.45) is 0 Å². The van der Waals surface area contributed by atoms with E-state index in [2.05, 4.69) is 56.0 Å². The van der Waals surface area contributed by atoms with Crippen LogP contribution in [0.5, 0.6) is 0 Å². The topological polar surface area (TPSA) is 0 Å². The molecule has 8 heteroatoms. The van der Waals surface area contributed by atoms with Crippen molar-refractivity contribution >= 4 is 90.8 Å². The van der Waals surface area contributed by atoms with Crippen molar-refractivity contribution in [3.63, 3.8) is 0 Å². The van der Waals surface area contributed by atoms with Gasteiger partial charge < -0.3 is 0 Å². The van der Waals surface area contributed by atoms with Crippen LogP contribution < -0.4 is 0 Å². The van der Waals surface area contributed by atoms with E-state index in [1.807, 2.05) is 0 Å². The van der Waals surface area contributed by atoms with Crippen LogP contribution in [0.15, 0.2) is 0 Å². The number of hydrogen-bond donors (Lipinski definition) is 0. The van der Waals surface area contributed by atoms with Crippen LogP contribution in [0.2, 0.25) is 0 Å². The molecule has 2 fully saturated rings. The number of thioether (sulfide) groups is 1. The molecule has 0 aromatic carbocycles. The molecule has 0 nitrogen and oxygen atoms in total. The Hall–Kier alpha value is 3.74. The molecule has 2 heterocycles. The second-order valence-corrected chi connectivity index (χ2v) is 37.0. The van der Waals surface area contributed by atoms with Crippen LogP contribution in [0.1, 0.15) is 0 Å². The molecule has 0 aliphatic carbocycles. The summed E-state index contributed by atoms with van der Waals surface area (Å²) in [5.74, 6) is 8.75. The van der Waals surface area contributed by atoms with Crippen LogP contribution in [-0.4, -0.2) is 74.6 Å². The molecule has 0 bridgehead atoms. The number of hydrogen-bond acceptors (Lipinski definition) is 6. The van der Waals surface area contributed by atoms with E-state index < -0.39 is 16.0 Å². The maximum absolute atomic E-state index is 2.36. The quantitative estimate of drug-likeness (QED) is 0.362. The van der Waals surface area contributed by atoms with Gasteiger partial charge in [-0.15, -0.1) is 0 Å². The third kappa shape index (κ3) is 6.63. The molecule has 15 heavy (non-hydrogen) atoms. The average Bonchev–Trinajstić information content (AvgIpc) is 2.66. The Labute approximate surface area is 128 Å². The molecule has 2 aliphatic heterocycles. The molecule has 0 aromatic rings.